The maximum atomic E-state index is 12.9. The van der Waals surface area contributed by atoms with E-state index in [2.05, 4.69) is 20.1 Å². The monoisotopic (exact) mass is 339 g/mol. The number of nitrogens with zero attached hydrogens (tertiary/aromatic N) is 4. The van der Waals surface area contributed by atoms with Gasteiger partial charge in [-0.1, -0.05) is 11.2 Å². The third-order valence-corrected chi connectivity index (χ3v) is 4.34. The average Bonchev–Trinajstić information content (AvgIpc) is 3.41. The van der Waals surface area contributed by atoms with Crippen molar-refractivity contribution in [2.24, 2.45) is 0 Å². The van der Waals surface area contributed by atoms with Gasteiger partial charge in [-0.2, -0.15) is 0 Å². The molecule has 2 atom stereocenters. The quantitative estimate of drug-likeness (QED) is 0.781. The van der Waals surface area contributed by atoms with E-state index in [0.29, 0.717) is 24.4 Å². The maximum absolute atomic E-state index is 12.9. The molecular formula is C17H17N5O3. The maximum Gasteiger partial charge on any atom is 0.293 e. The largest absolute Gasteiger partial charge is 0.380 e. The molecule has 0 saturated carbocycles. The number of pyridine rings is 1. The van der Waals surface area contributed by atoms with Crippen LogP contribution in [-0.2, 0) is 4.74 Å². The molecule has 1 N–H and O–H groups in total. The highest BCUT2D eigenvalue weighted by Crippen LogP contribution is 2.33. The molecule has 3 aromatic rings. The Kier molecular flexibility index (Phi) is 4.02. The highest BCUT2D eigenvalue weighted by atomic mass is 16.5. The molecule has 4 rings (SSSR count). The fourth-order valence-electron chi connectivity index (χ4n) is 3.06. The van der Waals surface area contributed by atoms with Crippen LogP contribution >= 0.6 is 0 Å². The first kappa shape index (κ1) is 15.5. The fraction of sp³-hybridized carbons (Fsp3) is 0.294. The summed E-state index contributed by atoms with van der Waals surface area (Å²) in [5.41, 5.74) is 1.19. The molecule has 25 heavy (non-hydrogen) atoms. The summed E-state index contributed by atoms with van der Waals surface area (Å²) in [5.74, 6) is 0.668. The lowest BCUT2D eigenvalue weighted by Gasteiger charge is -2.21. The zero-order valence-corrected chi connectivity index (χ0v) is 13.6. The molecule has 4 heterocycles. The zero-order valence-electron chi connectivity index (χ0n) is 13.6. The zero-order chi connectivity index (χ0) is 17.2. The fourth-order valence-corrected chi connectivity index (χ4v) is 3.06. The topological polar surface area (TPSA) is 97.1 Å². The van der Waals surface area contributed by atoms with Gasteiger partial charge in [0.2, 0.25) is 5.76 Å². The molecule has 0 bridgehead atoms. The van der Waals surface area contributed by atoms with Crippen LogP contribution in [0.25, 0.3) is 11.4 Å². The Morgan fingerprint density at radius 3 is 2.96 bits per heavy atom. The normalized spacial score (nSPS) is 20.1. The number of nitrogens with one attached hydrogen (secondary N) is 1. The number of ether oxygens (including phenoxy) is 1. The molecule has 8 heteroatoms. The van der Waals surface area contributed by atoms with Gasteiger partial charge in [-0.05, 0) is 12.1 Å². The van der Waals surface area contributed by atoms with E-state index in [-0.39, 0.29) is 23.8 Å². The molecule has 1 saturated heterocycles. The van der Waals surface area contributed by atoms with E-state index in [1.54, 1.807) is 36.7 Å². The molecule has 1 aliphatic heterocycles. The number of hydrogen-bond acceptors (Lipinski definition) is 6. The second kappa shape index (κ2) is 6.48. The number of methoxy groups -OCH3 is 1. The van der Waals surface area contributed by atoms with E-state index >= 15 is 0 Å². The minimum atomic E-state index is -0.240. The summed E-state index contributed by atoms with van der Waals surface area (Å²) in [5, 5.41) is 3.97. The molecule has 1 amide bonds. The average molecular weight is 339 g/mol. The molecule has 8 nitrogen and oxygen atoms in total. The molecule has 1 unspecified atom stereocenters. The van der Waals surface area contributed by atoms with Crippen LogP contribution in [0.15, 0.2) is 47.4 Å². The van der Waals surface area contributed by atoms with Crippen LogP contribution < -0.4 is 0 Å². The summed E-state index contributed by atoms with van der Waals surface area (Å²) in [6, 6.07) is 6.92. The van der Waals surface area contributed by atoms with Gasteiger partial charge in [0, 0.05) is 44.7 Å². The molecule has 1 fully saturated rings. The van der Waals surface area contributed by atoms with Gasteiger partial charge in [-0.15, -0.1) is 0 Å². The molecule has 3 aromatic heterocycles. The van der Waals surface area contributed by atoms with E-state index in [1.165, 1.54) is 0 Å². The first-order valence-corrected chi connectivity index (χ1v) is 7.97. The third-order valence-electron chi connectivity index (χ3n) is 4.34. The van der Waals surface area contributed by atoms with Gasteiger partial charge < -0.3 is 19.1 Å². The number of hydrogen-bond donors (Lipinski definition) is 1. The molecule has 128 valence electrons. The number of carbonyl (C=O) groups excluding carboxylic acids is 1. The smallest absolute Gasteiger partial charge is 0.293 e. The summed E-state index contributed by atoms with van der Waals surface area (Å²) < 4.78 is 10.7. The number of aromatic amines is 1. The Bertz CT molecular complexity index is 846. The lowest BCUT2D eigenvalue weighted by atomic mass is 10.2. The summed E-state index contributed by atoms with van der Waals surface area (Å²) in [6.45, 7) is 0.473. The Balaban J connectivity index is 1.60. The third kappa shape index (κ3) is 2.91. The van der Waals surface area contributed by atoms with E-state index in [4.69, 9.17) is 9.26 Å². The molecule has 0 aromatic carbocycles. The van der Waals surface area contributed by atoms with Crippen molar-refractivity contribution in [3.63, 3.8) is 0 Å². The number of rotatable bonds is 4. The number of amides is 1. The standard InChI is InChI=1S/C17H17N5O3/c1-24-11-8-14(16-19-6-7-20-16)22(10-11)17(23)15-9-13(21-25-15)12-4-2-3-5-18-12/h2-7,9,11,14H,8,10H2,1H3,(H,19,20)/t11-,14?/m1/s1. The highest BCUT2D eigenvalue weighted by molar-refractivity contribution is 5.92. The van der Waals surface area contributed by atoms with Crippen LogP contribution in [0.1, 0.15) is 28.8 Å². The summed E-state index contributed by atoms with van der Waals surface area (Å²) in [4.78, 5) is 26.2. The van der Waals surface area contributed by atoms with Gasteiger partial charge in [0.1, 0.15) is 11.5 Å². The van der Waals surface area contributed by atoms with E-state index in [1.807, 2.05) is 18.2 Å². The van der Waals surface area contributed by atoms with Crippen LogP contribution in [0.3, 0.4) is 0 Å². The van der Waals surface area contributed by atoms with Crippen LogP contribution in [-0.4, -0.2) is 50.7 Å². The molecule has 0 aliphatic carbocycles. The van der Waals surface area contributed by atoms with E-state index in [0.717, 1.165) is 5.82 Å². The predicted octanol–water partition coefficient (Wildman–Crippen LogP) is 2.06. The summed E-state index contributed by atoms with van der Waals surface area (Å²) in [7, 11) is 1.64. The Morgan fingerprint density at radius 1 is 1.32 bits per heavy atom. The molecule has 0 radical (unpaired) electrons. The van der Waals surface area contributed by atoms with Crippen molar-refractivity contribution in [2.75, 3.05) is 13.7 Å². The van der Waals surface area contributed by atoms with Crippen molar-refractivity contribution >= 4 is 5.91 Å². The van der Waals surface area contributed by atoms with Crippen molar-refractivity contribution in [1.82, 2.24) is 25.0 Å². The van der Waals surface area contributed by atoms with Gasteiger partial charge in [-0.3, -0.25) is 9.78 Å². The molecular weight excluding hydrogens is 322 g/mol. The van der Waals surface area contributed by atoms with Crippen LogP contribution in [0.2, 0.25) is 0 Å². The number of H-pyrrole nitrogens is 1. The summed E-state index contributed by atoms with van der Waals surface area (Å²) in [6.07, 6.45) is 5.72. The Morgan fingerprint density at radius 2 is 2.24 bits per heavy atom. The van der Waals surface area contributed by atoms with Crippen molar-refractivity contribution < 1.29 is 14.1 Å². The first-order valence-electron chi connectivity index (χ1n) is 7.97. The minimum Gasteiger partial charge on any atom is -0.380 e. The highest BCUT2D eigenvalue weighted by Gasteiger charge is 2.39. The second-order valence-electron chi connectivity index (χ2n) is 5.83. The minimum absolute atomic E-state index is 0.0442. The Labute approximate surface area is 143 Å². The predicted molar refractivity (Wildman–Crippen MR) is 87.5 cm³/mol. The van der Waals surface area contributed by atoms with Crippen molar-refractivity contribution in [3.8, 4) is 11.4 Å². The van der Waals surface area contributed by atoms with Crippen LogP contribution in [0, 0.1) is 0 Å². The summed E-state index contributed by atoms with van der Waals surface area (Å²) >= 11 is 0. The SMILES string of the molecule is CO[C@@H]1CC(c2ncc[nH]2)N(C(=O)c2cc(-c3ccccn3)no2)C1. The van der Waals surface area contributed by atoms with Gasteiger partial charge >= 0.3 is 0 Å². The van der Waals surface area contributed by atoms with Gasteiger partial charge in [0.15, 0.2) is 0 Å². The van der Waals surface area contributed by atoms with Crippen LogP contribution in [0.4, 0.5) is 0 Å². The second-order valence-corrected chi connectivity index (χ2v) is 5.83. The van der Waals surface area contributed by atoms with Crippen molar-refractivity contribution in [1.29, 1.82) is 0 Å². The lowest BCUT2D eigenvalue weighted by Crippen LogP contribution is -2.32. The van der Waals surface area contributed by atoms with E-state index in [9.17, 15) is 4.79 Å². The number of aromatic nitrogens is 4. The van der Waals surface area contributed by atoms with Gasteiger partial charge in [-0.25, -0.2) is 4.98 Å². The van der Waals surface area contributed by atoms with Gasteiger partial charge in [0.25, 0.3) is 5.91 Å². The molecule has 1 aliphatic rings. The molecule has 0 spiro atoms. The van der Waals surface area contributed by atoms with Crippen LogP contribution in [0.5, 0.6) is 0 Å². The van der Waals surface area contributed by atoms with Gasteiger partial charge in [0.05, 0.1) is 17.8 Å². The number of likely N-dealkylation sites (tertiary alicyclic amines) is 1. The number of imidazole rings is 1. The first-order chi connectivity index (χ1) is 12.3. The van der Waals surface area contributed by atoms with Crippen molar-refractivity contribution in [3.05, 3.63) is 54.4 Å². The van der Waals surface area contributed by atoms with Crippen molar-refractivity contribution in [2.45, 2.75) is 18.6 Å². The van der Waals surface area contributed by atoms with E-state index < -0.39 is 0 Å². The Hall–Kier alpha value is -3.00. The lowest BCUT2D eigenvalue weighted by molar-refractivity contribution is 0.0645. The number of carbonyl (C=O) groups is 1.